The molecule has 0 spiro atoms. The molecule has 3 aromatic rings. The maximum atomic E-state index is 13.0. The number of ether oxygens (including phenoxy) is 1. The van der Waals surface area contributed by atoms with Crippen molar-refractivity contribution in [1.29, 1.82) is 0 Å². The van der Waals surface area contributed by atoms with Crippen LogP contribution in [0, 0.1) is 0 Å². The number of nitrogens with one attached hydrogen (secondary N) is 1. The molecule has 28 heavy (non-hydrogen) atoms. The fourth-order valence-electron chi connectivity index (χ4n) is 3.90. The van der Waals surface area contributed by atoms with Gasteiger partial charge in [-0.2, -0.15) is 0 Å². The number of H-pyrrole nitrogens is 1. The molecule has 146 valence electrons. The number of carbonyl (C=O) groups excluding carboxylic acids is 1. The van der Waals surface area contributed by atoms with Gasteiger partial charge in [-0.3, -0.25) is 9.78 Å². The minimum atomic E-state index is 0.154. The van der Waals surface area contributed by atoms with Crippen LogP contribution in [-0.4, -0.2) is 40.0 Å². The number of fused-ring (bicyclic) bond motifs is 1. The van der Waals surface area contributed by atoms with Gasteiger partial charge in [0.25, 0.3) is 0 Å². The minimum Gasteiger partial charge on any atom is -0.376 e. The molecule has 0 aliphatic carbocycles. The molecule has 1 aromatic carbocycles. The largest absolute Gasteiger partial charge is 0.376 e. The minimum absolute atomic E-state index is 0.154. The molecule has 1 aliphatic rings. The third-order valence-electron chi connectivity index (χ3n) is 5.39. The number of para-hydroxylation sites is 1. The van der Waals surface area contributed by atoms with Gasteiger partial charge in [0.1, 0.15) is 0 Å². The lowest BCUT2D eigenvalue weighted by Crippen LogP contribution is -2.37. The predicted octanol–water partition coefficient (Wildman–Crippen LogP) is 4.09. The number of aromatic amines is 1. The Morgan fingerprint density at radius 3 is 2.93 bits per heavy atom. The van der Waals surface area contributed by atoms with Crippen LogP contribution in [0.25, 0.3) is 10.9 Å². The van der Waals surface area contributed by atoms with E-state index in [9.17, 15) is 4.79 Å². The second-order valence-electron chi connectivity index (χ2n) is 7.44. The van der Waals surface area contributed by atoms with Gasteiger partial charge in [0, 0.05) is 42.9 Å². The Kier molecular flexibility index (Phi) is 6.02. The van der Waals surface area contributed by atoms with Crippen molar-refractivity contribution in [3.8, 4) is 0 Å². The van der Waals surface area contributed by atoms with Gasteiger partial charge >= 0.3 is 0 Å². The topological polar surface area (TPSA) is 58.2 Å². The van der Waals surface area contributed by atoms with E-state index >= 15 is 0 Å². The molecule has 0 saturated carbocycles. The molecule has 1 saturated heterocycles. The summed E-state index contributed by atoms with van der Waals surface area (Å²) in [4.78, 5) is 22.6. The SMILES string of the molecule is O=C(CCCc1c[nH]c2ccccc12)N(Cc1ccccn1)CC1CCCO1. The zero-order valence-corrected chi connectivity index (χ0v) is 16.1. The number of hydrogen-bond donors (Lipinski definition) is 1. The number of amides is 1. The van der Waals surface area contributed by atoms with E-state index in [4.69, 9.17) is 4.74 Å². The van der Waals surface area contributed by atoms with E-state index in [1.807, 2.05) is 29.2 Å². The summed E-state index contributed by atoms with van der Waals surface area (Å²) in [5.41, 5.74) is 3.35. The summed E-state index contributed by atoms with van der Waals surface area (Å²) in [5.74, 6) is 0.181. The Balaban J connectivity index is 1.36. The molecule has 5 nitrogen and oxygen atoms in total. The van der Waals surface area contributed by atoms with Gasteiger partial charge in [0.05, 0.1) is 18.3 Å². The van der Waals surface area contributed by atoms with Crippen molar-refractivity contribution in [2.24, 2.45) is 0 Å². The molecule has 0 radical (unpaired) electrons. The van der Waals surface area contributed by atoms with Crippen molar-refractivity contribution in [2.75, 3.05) is 13.2 Å². The first kappa shape index (κ1) is 18.7. The van der Waals surface area contributed by atoms with E-state index in [0.29, 0.717) is 19.5 Å². The molecule has 5 heteroatoms. The van der Waals surface area contributed by atoms with Crippen molar-refractivity contribution in [3.05, 3.63) is 66.1 Å². The van der Waals surface area contributed by atoms with E-state index in [2.05, 4.69) is 34.4 Å². The second kappa shape index (κ2) is 9.02. The molecule has 1 N–H and O–H groups in total. The predicted molar refractivity (Wildman–Crippen MR) is 110 cm³/mol. The van der Waals surface area contributed by atoms with Gasteiger partial charge in [-0.1, -0.05) is 24.3 Å². The first-order valence-corrected chi connectivity index (χ1v) is 10.1. The van der Waals surface area contributed by atoms with Crippen molar-refractivity contribution in [3.63, 3.8) is 0 Å². The average Bonchev–Trinajstić information content (AvgIpc) is 3.38. The summed E-state index contributed by atoms with van der Waals surface area (Å²) in [5, 5.41) is 1.25. The fourth-order valence-corrected chi connectivity index (χ4v) is 3.90. The zero-order chi connectivity index (χ0) is 19.2. The highest BCUT2D eigenvalue weighted by atomic mass is 16.5. The lowest BCUT2D eigenvalue weighted by Gasteiger charge is -2.25. The van der Waals surface area contributed by atoms with E-state index in [1.54, 1.807) is 6.20 Å². The van der Waals surface area contributed by atoms with E-state index in [1.165, 1.54) is 10.9 Å². The summed E-state index contributed by atoms with van der Waals surface area (Å²) in [6, 6.07) is 14.1. The Morgan fingerprint density at radius 2 is 2.11 bits per heavy atom. The van der Waals surface area contributed by atoms with Gasteiger partial charge in [-0.25, -0.2) is 0 Å². The quantitative estimate of drug-likeness (QED) is 0.643. The fraction of sp³-hybridized carbons (Fsp3) is 0.391. The highest BCUT2D eigenvalue weighted by Gasteiger charge is 2.23. The molecule has 1 atom stereocenters. The van der Waals surface area contributed by atoms with Gasteiger partial charge in [0.2, 0.25) is 5.91 Å². The summed E-state index contributed by atoms with van der Waals surface area (Å²) in [6.07, 6.45) is 8.38. The number of aryl methyl sites for hydroxylation is 1. The maximum Gasteiger partial charge on any atom is 0.223 e. The van der Waals surface area contributed by atoms with Gasteiger partial charge in [-0.05, 0) is 49.4 Å². The van der Waals surface area contributed by atoms with Crippen LogP contribution in [0.15, 0.2) is 54.9 Å². The van der Waals surface area contributed by atoms with Crippen molar-refractivity contribution in [2.45, 2.75) is 44.8 Å². The monoisotopic (exact) mass is 377 g/mol. The van der Waals surface area contributed by atoms with Crippen LogP contribution in [0.2, 0.25) is 0 Å². The number of benzene rings is 1. The Labute approximate surface area is 165 Å². The second-order valence-corrected chi connectivity index (χ2v) is 7.44. The zero-order valence-electron chi connectivity index (χ0n) is 16.1. The van der Waals surface area contributed by atoms with Crippen molar-refractivity contribution >= 4 is 16.8 Å². The number of aromatic nitrogens is 2. The Morgan fingerprint density at radius 1 is 1.21 bits per heavy atom. The third kappa shape index (κ3) is 4.60. The summed E-state index contributed by atoms with van der Waals surface area (Å²) < 4.78 is 5.76. The standard InChI is InChI=1S/C23H27N3O2/c27-23(12-5-7-18-15-25-22-11-2-1-10-21(18)22)26(17-20-9-6-14-28-20)16-19-8-3-4-13-24-19/h1-4,8,10-11,13,15,20,25H,5-7,9,12,14,16-17H2. The maximum absolute atomic E-state index is 13.0. The smallest absolute Gasteiger partial charge is 0.223 e. The first-order chi connectivity index (χ1) is 13.8. The van der Waals surface area contributed by atoms with E-state index in [-0.39, 0.29) is 12.0 Å². The number of nitrogens with zero attached hydrogens (tertiary/aromatic N) is 2. The molecule has 4 rings (SSSR count). The van der Waals surface area contributed by atoms with Gasteiger partial charge < -0.3 is 14.6 Å². The van der Waals surface area contributed by atoms with Crippen LogP contribution in [0.1, 0.15) is 36.9 Å². The normalized spacial score (nSPS) is 16.5. The lowest BCUT2D eigenvalue weighted by atomic mass is 10.1. The average molecular weight is 377 g/mol. The molecular formula is C23H27N3O2. The molecule has 1 amide bonds. The molecule has 3 heterocycles. The molecule has 1 fully saturated rings. The molecule has 1 unspecified atom stereocenters. The number of rotatable bonds is 8. The molecule has 2 aromatic heterocycles. The van der Waals surface area contributed by atoms with Crippen molar-refractivity contribution < 1.29 is 9.53 Å². The van der Waals surface area contributed by atoms with Crippen LogP contribution >= 0.6 is 0 Å². The van der Waals surface area contributed by atoms with Crippen molar-refractivity contribution in [1.82, 2.24) is 14.9 Å². The van der Waals surface area contributed by atoms with E-state index in [0.717, 1.165) is 43.5 Å². The van der Waals surface area contributed by atoms with Crippen LogP contribution in [0.3, 0.4) is 0 Å². The number of carbonyl (C=O) groups is 1. The number of pyridine rings is 1. The Bertz CT molecular complexity index is 900. The van der Waals surface area contributed by atoms with Gasteiger partial charge in [0.15, 0.2) is 0 Å². The summed E-state index contributed by atoms with van der Waals surface area (Å²) in [7, 11) is 0. The molecular weight excluding hydrogens is 350 g/mol. The summed E-state index contributed by atoms with van der Waals surface area (Å²) >= 11 is 0. The highest BCUT2D eigenvalue weighted by molar-refractivity contribution is 5.83. The van der Waals surface area contributed by atoms with Crippen LogP contribution in [-0.2, 0) is 22.5 Å². The van der Waals surface area contributed by atoms with Crippen LogP contribution in [0.4, 0.5) is 0 Å². The van der Waals surface area contributed by atoms with Crippen LogP contribution in [0.5, 0.6) is 0 Å². The van der Waals surface area contributed by atoms with E-state index < -0.39 is 0 Å². The summed E-state index contributed by atoms with van der Waals surface area (Å²) in [6.45, 7) is 2.01. The van der Waals surface area contributed by atoms with Crippen LogP contribution < -0.4 is 0 Å². The number of hydrogen-bond acceptors (Lipinski definition) is 3. The lowest BCUT2D eigenvalue weighted by molar-refractivity contribution is -0.133. The highest BCUT2D eigenvalue weighted by Crippen LogP contribution is 2.20. The Hall–Kier alpha value is -2.66. The molecule has 0 bridgehead atoms. The molecule has 1 aliphatic heterocycles. The first-order valence-electron chi connectivity index (χ1n) is 10.1. The third-order valence-corrected chi connectivity index (χ3v) is 5.39. The van der Waals surface area contributed by atoms with Gasteiger partial charge in [-0.15, -0.1) is 0 Å².